The summed E-state index contributed by atoms with van der Waals surface area (Å²) < 4.78 is 0. The molecule has 0 aromatic heterocycles. The van der Waals surface area contributed by atoms with Crippen LogP contribution in [0.2, 0.25) is 0 Å². The Balaban J connectivity index is 1.70. The summed E-state index contributed by atoms with van der Waals surface area (Å²) in [6.45, 7) is 11.6. The number of piperidine rings is 1. The second-order valence-corrected chi connectivity index (χ2v) is 8.99. The largest absolute Gasteiger partial charge is 0.297 e. The van der Waals surface area contributed by atoms with Crippen LogP contribution in [-0.4, -0.2) is 24.0 Å². The Hall–Kier alpha value is -1.86. The van der Waals surface area contributed by atoms with Crippen LogP contribution >= 0.6 is 0 Å². The van der Waals surface area contributed by atoms with E-state index in [2.05, 4.69) is 99.3 Å². The summed E-state index contributed by atoms with van der Waals surface area (Å²) in [6.07, 6.45) is 6.19. The van der Waals surface area contributed by atoms with Crippen molar-refractivity contribution >= 4 is 0 Å². The number of allylic oxidation sites excluding steroid dienone is 1. The standard InChI is InChI=1S/C26H35N/c1-21(2)19-25(20-26(3,4)24-13-9-6-10-14-24)27-17-15-23(16-18-27)22-11-7-5-8-12-22/h5-14,19,23,25H,15-18,20H2,1-4H3. The Morgan fingerprint density at radius 1 is 0.963 bits per heavy atom. The highest BCUT2D eigenvalue weighted by atomic mass is 15.2. The summed E-state index contributed by atoms with van der Waals surface area (Å²) in [6, 6.07) is 22.6. The molecule has 1 nitrogen and oxygen atoms in total. The molecule has 1 atom stereocenters. The molecule has 1 heterocycles. The van der Waals surface area contributed by atoms with Gasteiger partial charge in [0.2, 0.25) is 0 Å². The average molecular weight is 362 g/mol. The van der Waals surface area contributed by atoms with Crippen LogP contribution in [0.1, 0.15) is 64.0 Å². The van der Waals surface area contributed by atoms with Crippen LogP contribution in [0.4, 0.5) is 0 Å². The number of likely N-dealkylation sites (tertiary alicyclic amines) is 1. The quantitative estimate of drug-likeness (QED) is 0.526. The lowest BCUT2D eigenvalue weighted by atomic mass is 9.78. The van der Waals surface area contributed by atoms with Crippen molar-refractivity contribution in [3.63, 3.8) is 0 Å². The number of rotatable bonds is 6. The molecule has 1 unspecified atom stereocenters. The third-order valence-electron chi connectivity index (χ3n) is 6.07. The molecule has 0 amide bonds. The van der Waals surface area contributed by atoms with Crippen LogP contribution in [0.5, 0.6) is 0 Å². The zero-order valence-corrected chi connectivity index (χ0v) is 17.5. The summed E-state index contributed by atoms with van der Waals surface area (Å²) in [5.41, 5.74) is 4.56. The van der Waals surface area contributed by atoms with Gasteiger partial charge in [0.15, 0.2) is 0 Å². The van der Waals surface area contributed by atoms with Crippen LogP contribution in [0, 0.1) is 0 Å². The zero-order chi connectivity index (χ0) is 19.3. The molecule has 2 aromatic carbocycles. The summed E-state index contributed by atoms with van der Waals surface area (Å²) in [4.78, 5) is 2.72. The smallest absolute Gasteiger partial charge is 0.0288 e. The summed E-state index contributed by atoms with van der Waals surface area (Å²) in [5, 5.41) is 0. The minimum Gasteiger partial charge on any atom is -0.297 e. The van der Waals surface area contributed by atoms with Crippen molar-refractivity contribution in [3.05, 3.63) is 83.4 Å². The van der Waals surface area contributed by atoms with Crippen LogP contribution in [0.25, 0.3) is 0 Å². The van der Waals surface area contributed by atoms with E-state index >= 15 is 0 Å². The first-order valence-electron chi connectivity index (χ1n) is 10.5. The number of nitrogens with zero attached hydrogens (tertiary/aromatic N) is 1. The lowest BCUT2D eigenvalue weighted by Gasteiger charge is -2.40. The van der Waals surface area contributed by atoms with E-state index in [0.29, 0.717) is 6.04 Å². The van der Waals surface area contributed by atoms with Crippen molar-refractivity contribution in [3.8, 4) is 0 Å². The average Bonchev–Trinajstić information content (AvgIpc) is 2.68. The Morgan fingerprint density at radius 2 is 1.52 bits per heavy atom. The maximum absolute atomic E-state index is 2.72. The minimum absolute atomic E-state index is 0.175. The van der Waals surface area contributed by atoms with Gasteiger partial charge in [-0.05, 0) is 68.7 Å². The highest BCUT2D eigenvalue weighted by Crippen LogP contribution is 2.34. The third kappa shape index (κ3) is 5.32. The van der Waals surface area contributed by atoms with Crippen molar-refractivity contribution in [2.75, 3.05) is 13.1 Å². The van der Waals surface area contributed by atoms with Gasteiger partial charge in [-0.15, -0.1) is 0 Å². The second kappa shape index (κ2) is 8.89. The molecule has 0 bridgehead atoms. The topological polar surface area (TPSA) is 3.24 Å². The Kier molecular flexibility index (Phi) is 6.55. The zero-order valence-electron chi connectivity index (χ0n) is 17.5. The van der Waals surface area contributed by atoms with E-state index in [1.54, 1.807) is 0 Å². The second-order valence-electron chi connectivity index (χ2n) is 8.99. The monoisotopic (exact) mass is 361 g/mol. The van der Waals surface area contributed by atoms with Gasteiger partial charge in [-0.1, -0.05) is 86.2 Å². The Morgan fingerprint density at radius 3 is 2.07 bits per heavy atom. The Bertz CT molecular complexity index is 717. The third-order valence-corrected chi connectivity index (χ3v) is 6.07. The molecular weight excluding hydrogens is 326 g/mol. The molecule has 2 aromatic rings. The lowest BCUT2D eigenvalue weighted by Crippen LogP contribution is -2.43. The van der Waals surface area contributed by atoms with E-state index in [1.165, 1.54) is 42.6 Å². The van der Waals surface area contributed by atoms with Crippen molar-refractivity contribution < 1.29 is 0 Å². The lowest BCUT2D eigenvalue weighted by molar-refractivity contribution is 0.155. The molecule has 0 radical (unpaired) electrons. The van der Waals surface area contributed by atoms with Gasteiger partial charge < -0.3 is 0 Å². The summed E-state index contributed by atoms with van der Waals surface area (Å²) in [7, 11) is 0. The summed E-state index contributed by atoms with van der Waals surface area (Å²) >= 11 is 0. The van der Waals surface area contributed by atoms with Gasteiger partial charge in [0.05, 0.1) is 0 Å². The van der Waals surface area contributed by atoms with Crippen molar-refractivity contribution in [1.29, 1.82) is 0 Å². The minimum atomic E-state index is 0.175. The van der Waals surface area contributed by atoms with E-state index in [0.717, 1.165) is 12.3 Å². The fourth-order valence-electron chi connectivity index (χ4n) is 4.50. The van der Waals surface area contributed by atoms with E-state index in [9.17, 15) is 0 Å². The van der Waals surface area contributed by atoms with Gasteiger partial charge in [-0.25, -0.2) is 0 Å². The number of hydrogen-bond donors (Lipinski definition) is 0. The summed E-state index contributed by atoms with van der Waals surface area (Å²) in [5.74, 6) is 0.719. The number of benzene rings is 2. The fraction of sp³-hybridized carbons (Fsp3) is 0.462. The van der Waals surface area contributed by atoms with E-state index in [1.807, 2.05) is 0 Å². The molecule has 0 spiro atoms. The molecule has 3 rings (SSSR count). The Labute approximate surface area is 166 Å². The highest BCUT2D eigenvalue weighted by Gasteiger charge is 2.30. The first kappa shape index (κ1) is 19.9. The van der Waals surface area contributed by atoms with Crippen LogP contribution in [0.3, 0.4) is 0 Å². The molecule has 0 saturated carbocycles. The van der Waals surface area contributed by atoms with Crippen LogP contribution in [-0.2, 0) is 5.41 Å². The van der Waals surface area contributed by atoms with E-state index in [-0.39, 0.29) is 5.41 Å². The van der Waals surface area contributed by atoms with Gasteiger partial charge in [-0.2, -0.15) is 0 Å². The SMILES string of the molecule is CC(C)=CC(CC(C)(C)c1ccccc1)N1CCC(c2ccccc2)CC1. The molecule has 1 saturated heterocycles. The number of hydrogen-bond acceptors (Lipinski definition) is 1. The molecule has 1 fully saturated rings. The van der Waals surface area contributed by atoms with Gasteiger partial charge in [0, 0.05) is 6.04 Å². The maximum Gasteiger partial charge on any atom is 0.0288 e. The highest BCUT2D eigenvalue weighted by molar-refractivity contribution is 5.25. The van der Waals surface area contributed by atoms with Crippen molar-refractivity contribution in [2.45, 2.75) is 64.3 Å². The first-order valence-corrected chi connectivity index (χ1v) is 10.5. The fourth-order valence-corrected chi connectivity index (χ4v) is 4.50. The molecule has 0 N–H and O–H groups in total. The molecule has 144 valence electrons. The van der Waals surface area contributed by atoms with Gasteiger partial charge in [-0.3, -0.25) is 4.90 Å². The van der Waals surface area contributed by atoms with Crippen LogP contribution in [0.15, 0.2) is 72.3 Å². The van der Waals surface area contributed by atoms with Gasteiger partial charge in [0.1, 0.15) is 0 Å². The van der Waals surface area contributed by atoms with E-state index in [4.69, 9.17) is 0 Å². The first-order chi connectivity index (χ1) is 13.0. The molecule has 1 aliphatic heterocycles. The molecular formula is C26H35N. The maximum atomic E-state index is 2.72. The van der Waals surface area contributed by atoms with E-state index < -0.39 is 0 Å². The molecule has 0 aliphatic carbocycles. The van der Waals surface area contributed by atoms with Gasteiger partial charge >= 0.3 is 0 Å². The van der Waals surface area contributed by atoms with Crippen molar-refractivity contribution in [2.24, 2.45) is 0 Å². The van der Waals surface area contributed by atoms with Crippen molar-refractivity contribution in [1.82, 2.24) is 4.90 Å². The predicted molar refractivity (Wildman–Crippen MR) is 117 cm³/mol. The normalized spacial score (nSPS) is 17.5. The molecule has 1 aliphatic rings. The predicted octanol–water partition coefficient (Wildman–Crippen LogP) is 6.57. The molecule has 27 heavy (non-hydrogen) atoms. The van der Waals surface area contributed by atoms with Crippen LogP contribution < -0.4 is 0 Å². The molecule has 1 heteroatoms. The van der Waals surface area contributed by atoms with Gasteiger partial charge in [0.25, 0.3) is 0 Å².